The van der Waals surface area contributed by atoms with E-state index >= 15 is 0 Å². The summed E-state index contributed by atoms with van der Waals surface area (Å²) in [6, 6.07) is -0.209. The fraction of sp³-hybridized carbons (Fsp3) is 0.692. The molecule has 8 nitrogen and oxygen atoms in total. The number of sulfonamides is 1. The van der Waals surface area contributed by atoms with Gasteiger partial charge in [0, 0.05) is 38.6 Å². The van der Waals surface area contributed by atoms with Gasteiger partial charge in [0.25, 0.3) is 5.91 Å². The largest absolute Gasteiger partial charge is 0.346 e. The lowest BCUT2D eigenvalue weighted by Crippen LogP contribution is -2.44. The molecule has 1 aliphatic heterocycles. The van der Waals surface area contributed by atoms with Crippen molar-refractivity contribution >= 4 is 15.9 Å². The maximum Gasteiger partial charge on any atom is 0.269 e. The molecule has 0 radical (unpaired) electrons. The zero-order valence-corrected chi connectivity index (χ0v) is 14.2. The van der Waals surface area contributed by atoms with Gasteiger partial charge in [0.2, 0.25) is 10.0 Å². The number of hydrogen-bond acceptors (Lipinski definition) is 5. The van der Waals surface area contributed by atoms with Crippen LogP contribution in [0.15, 0.2) is 12.5 Å². The Hall–Kier alpha value is -1.45. The van der Waals surface area contributed by atoms with Crippen LogP contribution in [-0.2, 0) is 17.1 Å². The van der Waals surface area contributed by atoms with Gasteiger partial charge in [0.1, 0.15) is 5.69 Å². The van der Waals surface area contributed by atoms with Gasteiger partial charge < -0.3 is 14.8 Å². The molecule has 22 heavy (non-hydrogen) atoms. The molecule has 1 aromatic heterocycles. The first-order valence-electron chi connectivity index (χ1n) is 7.05. The summed E-state index contributed by atoms with van der Waals surface area (Å²) in [6.07, 6.45) is 4.26. The molecule has 2 heterocycles. The van der Waals surface area contributed by atoms with Crippen molar-refractivity contribution in [1.82, 2.24) is 24.1 Å². The highest BCUT2D eigenvalue weighted by molar-refractivity contribution is 7.88. The predicted octanol–water partition coefficient (Wildman–Crippen LogP) is -1.03. The van der Waals surface area contributed by atoms with Crippen LogP contribution >= 0.6 is 0 Å². The Morgan fingerprint density at radius 2 is 2.14 bits per heavy atom. The number of aromatic nitrogens is 2. The van der Waals surface area contributed by atoms with Crippen LogP contribution in [0.5, 0.6) is 0 Å². The van der Waals surface area contributed by atoms with Crippen LogP contribution in [0, 0.1) is 5.92 Å². The smallest absolute Gasteiger partial charge is 0.269 e. The van der Waals surface area contributed by atoms with Crippen molar-refractivity contribution in [3.05, 3.63) is 18.2 Å². The predicted molar refractivity (Wildman–Crippen MR) is 82.9 cm³/mol. The Morgan fingerprint density at radius 3 is 2.64 bits per heavy atom. The summed E-state index contributed by atoms with van der Waals surface area (Å²) in [5, 5.41) is 2.95. The van der Waals surface area contributed by atoms with E-state index in [1.807, 2.05) is 19.0 Å². The van der Waals surface area contributed by atoms with Gasteiger partial charge in [-0.2, -0.15) is 4.31 Å². The quantitative estimate of drug-likeness (QED) is 0.746. The molecule has 1 aromatic rings. The van der Waals surface area contributed by atoms with Crippen molar-refractivity contribution in [3.63, 3.8) is 0 Å². The topological polar surface area (TPSA) is 87.5 Å². The van der Waals surface area contributed by atoms with Crippen LogP contribution in [0.4, 0.5) is 0 Å². The van der Waals surface area contributed by atoms with Crippen molar-refractivity contribution in [3.8, 4) is 0 Å². The molecule has 9 heteroatoms. The van der Waals surface area contributed by atoms with Crippen molar-refractivity contribution in [1.29, 1.82) is 0 Å². The van der Waals surface area contributed by atoms with Crippen LogP contribution in [0.3, 0.4) is 0 Å². The fourth-order valence-electron chi connectivity index (χ4n) is 2.74. The van der Waals surface area contributed by atoms with E-state index < -0.39 is 10.0 Å². The van der Waals surface area contributed by atoms with Gasteiger partial charge in [0.05, 0.1) is 18.8 Å². The van der Waals surface area contributed by atoms with Crippen LogP contribution < -0.4 is 5.32 Å². The van der Waals surface area contributed by atoms with Crippen LogP contribution in [0.25, 0.3) is 0 Å². The molecule has 2 atom stereocenters. The molecule has 1 fully saturated rings. The number of carbonyl (C=O) groups is 1. The number of carbonyl (C=O) groups excluding carboxylic acids is 1. The van der Waals surface area contributed by atoms with E-state index in [1.165, 1.54) is 16.8 Å². The minimum Gasteiger partial charge on any atom is -0.346 e. The monoisotopic (exact) mass is 329 g/mol. The summed E-state index contributed by atoms with van der Waals surface area (Å²) < 4.78 is 26.6. The Morgan fingerprint density at radius 1 is 1.45 bits per heavy atom. The third kappa shape index (κ3) is 3.84. The lowest BCUT2D eigenvalue weighted by atomic mass is 10.0. The van der Waals surface area contributed by atoms with Crippen LogP contribution in [0.1, 0.15) is 10.5 Å². The third-order valence-corrected chi connectivity index (χ3v) is 5.08. The normalized spacial score (nSPS) is 23.1. The third-order valence-electron chi connectivity index (χ3n) is 3.84. The highest BCUT2D eigenvalue weighted by atomic mass is 32.2. The van der Waals surface area contributed by atoms with Gasteiger partial charge >= 0.3 is 0 Å². The molecule has 0 bridgehead atoms. The van der Waals surface area contributed by atoms with E-state index in [9.17, 15) is 13.2 Å². The minimum atomic E-state index is -3.26. The summed E-state index contributed by atoms with van der Waals surface area (Å²) in [5.74, 6) is -0.175. The van der Waals surface area contributed by atoms with E-state index in [4.69, 9.17) is 0 Å². The van der Waals surface area contributed by atoms with E-state index in [0.717, 1.165) is 0 Å². The Kier molecular flexibility index (Phi) is 4.88. The number of imidazole rings is 1. The summed E-state index contributed by atoms with van der Waals surface area (Å²) >= 11 is 0. The molecule has 0 aromatic carbocycles. The van der Waals surface area contributed by atoms with Gasteiger partial charge in [0.15, 0.2) is 0 Å². The molecular weight excluding hydrogens is 306 g/mol. The van der Waals surface area contributed by atoms with E-state index in [2.05, 4.69) is 10.3 Å². The number of aryl methyl sites for hydroxylation is 1. The first kappa shape index (κ1) is 16.9. The van der Waals surface area contributed by atoms with E-state index in [-0.39, 0.29) is 17.9 Å². The lowest BCUT2D eigenvalue weighted by molar-refractivity contribution is 0.0919. The van der Waals surface area contributed by atoms with Crippen molar-refractivity contribution in [2.45, 2.75) is 6.04 Å². The first-order valence-corrected chi connectivity index (χ1v) is 8.90. The number of nitrogens with one attached hydrogen (secondary N) is 1. The van der Waals surface area contributed by atoms with E-state index in [1.54, 1.807) is 17.9 Å². The average molecular weight is 329 g/mol. The highest BCUT2D eigenvalue weighted by Gasteiger charge is 2.38. The van der Waals surface area contributed by atoms with Crippen molar-refractivity contribution < 1.29 is 13.2 Å². The zero-order valence-electron chi connectivity index (χ0n) is 13.4. The molecule has 0 spiro atoms. The molecule has 1 N–H and O–H groups in total. The Balaban J connectivity index is 2.12. The zero-order chi connectivity index (χ0) is 16.5. The second-order valence-corrected chi connectivity index (χ2v) is 8.05. The number of hydrogen-bond donors (Lipinski definition) is 1. The maximum absolute atomic E-state index is 12.3. The van der Waals surface area contributed by atoms with Crippen molar-refractivity contribution in [2.75, 3.05) is 40.0 Å². The summed E-state index contributed by atoms with van der Waals surface area (Å²) in [7, 11) is 2.36. The molecule has 0 aliphatic carbocycles. The fourth-order valence-corrected chi connectivity index (χ4v) is 3.63. The summed E-state index contributed by atoms with van der Waals surface area (Å²) in [4.78, 5) is 18.2. The van der Waals surface area contributed by atoms with Gasteiger partial charge in [-0.3, -0.25) is 4.79 Å². The first-order chi connectivity index (χ1) is 10.2. The second-order valence-electron chi connectivity index (χ2n) is 6.07. The molecule has 0 saturated carbocycles. The number of nitrogens with zero attached hydrogens (tertiary/aromatic N) is 4. The Labute approximate surface area is 131 Å². The lowest BCUT2D eigenvalue weighted by Gasteiger charge is -2.22. The Bertz CT molecular complexity index is 640. The number of rotatable bonds is 5. The van der Waals surface area contributed by atoms with E-state index in [0.29, 0.717) is 25.3 Å². The molecule has 2 rings (SSSR count). The molecule has 0 unspecified atom stereocenters. The molecule has 1 saturated heterocycles. The SMILES string of the molecule is CN(C)C[C@@H]1CN(S(C)(=O)=O)C[C@H]1NC(=O)c1cncn1C. The van der Waals surface area contributed by atoms with Gasteiger partial charge in [-0.1, -0.05) is 0 Å². The standard InChI is InChI=1S/C13H23N5O3S/c1-16(2)6-10-7-18(22(4,20)21)8-11(10)15-13(19)12-5-14-9-17(12)3/h5,9-11H,6-8H2,1-4H3,(H,15,19)/t10-,11-/m1/s1. The van der Waals surface area contributed by atoms with Crippen LogP contribution in [0.2, 0.25) is 0 Å². The maximum atomic E-state index is 12.3. The second kappa shape index (κ2) is 6.35. The summed E-state index contributed by atoms with van der Waals surface area (Å²) in [6.45, 7) is 1.44. The van der Waals surface area contributed by atoms with Crippen LogP contribution in [-0.4, -0.2) is 79.1 Å². The number of amides is 1. The highest BCUT2D eigenvalue weighted by Crippen LogP contribution is 2.20. The molecular formula is C13H23N5O3S. The van der Waals surface area contributed by atoms with Gasteiger partial charge in [-0.05, 0) is 14.1 Å². The molecule has 124 valence electrons. The molecule has 1 aliphatic rings. The molecule has 1 amide bonds. The van der Waals surface area contributed by atoms with Gasteiger partial charge in [-0.15, -0.1) is 0 Å². The van der Waals surface area contributed by atoms with Gasteiger partial charge in [-0.25, -0.2) is 13.4 Å². The average Bonchev–Trinajstić information content (AvgIpc) is 2.95. The van der Waals surface area contributed by atoms with Crippen molar-refractivity contribution in [2.24, 2.45) is 13.0 Å². The summed E-state index contributed by atoms with van der Waals surface area (Å²) in [5.41, 5.74) is 0.460. The minimum absolute atomic E-state index is 0.0573.